The Hall–Kier alpha value is -0.860. The number of aryl methyl sites for hydroxylation is 2. The fourth-order valence-corrected chi connectivity index (χ4v) is 3.54. The molecule has 2 heteroatoms. The average molecular weight is 244 g/mol. The Bertz CT molecular complexity index is 416. The highest BCUT2D eigenvalue weighted by Gasteiger charge is 2.40. The van der Waals surface area contributed by atoms with E-state index in [2.05, 4.69) is 36.9 Å². The summed E-state index contributed by atoms with van der Waals surface area (Å²) in [5, 5.41) is 0. The summed E-state index contributed by atoms with van der Waals surface area (Å²) in [5.41, 5.74) is 10.8. The normalized spacial score (nSPS) is 29.5. The molecule has 2 atom stereocenters. The summed E-state index contributed by atoms with van der Waals surface area (Å²) in [5.74, 6) is 0. The van der Waals surface area contributed by atoms with E-state index in [4.69, 9.17) is 5.73 Å². The Labute approximate surface area is 110 Å². The third-order valence-electron chi connectivity index (χ3n) is 4.57. The number of benzene rings is 1. The lowest BCUT2D eigenvalue weighted by Crippen LogP contribution is -2.47. The van der Waals surface area contributed by atoms with E-state index in [0.717, 1.165) is 6.04 Å². The summed E-state index contributed by atoms with van der Waals surface area (Å²) in [6, 6.07) is 8.18. The number of nitrogens with zero attached hydrogens (tertiary/aromatic N) is 1. The first-order valence-corrected chi connectivity index (χ1v) is 7.26. The van der Waals surface area contributed by atoms with E-state index in [1.54, 1.807) is 0 Å². The molecule has 0 spiro atoms. The fourth-order valence-electron chi connectivity index (χ4n) is 3.54. The number of hydrogen-bond acceptors (Lipinski definition) is 2. The summed E-state index contributed by atoms with van der Waals surface area (Å²) in [7, 11) is 0. The van der Waals surface area contributed by atoms with Crippen molar-refractivity contribution in [2.75, 3.05) is 6.54 Å². The maximum atomic E-state index is 6.46. The maximum Gasteiger partial charge on any atom is 0.0507 e. The molecule has 1 saturated carbocycles. The molecular formula is C16H24N2. The molecule has 2 aliphatic rings. The van der Waals surface area contributed by atoms with Gasteiger partial charge in [0.1, 0.15) is 0 Å². The highest BCUT2D eigenvalue weighted by Crippen LogP contribution is 2.41. The van der Waals surface area contributed by atoms with Crippen LogP contribution in [-0.4, -0.2) is 23.5 Å². The van der Waals surface area contributed by atoms with Gasteiger partial charge < -0.3 is 5.73 Å². The Kier molecular flexibility index (Phi) is 3.16. The van der Waals surface area contributed by atoms with Gasteiger partial charge in [-0.1, -0.05) is 18.2 Å². The molecule has 1 saturated heterocycles. The van der Waals surface area contributed by atoms with Gasteiger partial charge in [0.25, 0.3) is 0 Å². The smallest absolute Gasteiger partial charge is 0.0507 e. The predicted molar refractivity (Wildman–Crippen MR) is 75.6 cm³/mol. The second-order valence-corrected chi connectivity index (χ2v) is 6.03. The highest BCUT2D eigenvalue weighted by molar-refractivity contribution is 5.37. The summed E-state index contributed by atoms with van der Waals surface area (Å²) in [6.07, 6.45) is 5.17. The first kappa shape index (κ1) is 12.2. The van der Waals surface area contributed by atoms with Gasteiger partial charge >= 0.3 is 0 Å². The first-order valence-electron chi connectivity index (χ1n) is 7.26. The molecule has 1 heterocycles. The molecule has 1 aliphatic carbocycles. The number of hydrogen-bond donors (Lipinski definition) is 1. The molecular weight excluding hydrogens is 220 g/mol. The van der Waals surface area contributed by atoms with E-state index in [1.807, 2.05) is 0 Å². The molecule has 0 radical (unpaired) electrons. The molecule has 2 N–H and O–H groups in total. The molecule has 2 nitrogen and oxygen atoms in total. The van der Waals surface area contributed by atoms with Crippen LogP contribution in [0.2, 0.25) is 0 Å². The van der Waals surface area contributed by atoms with Gasteiger partial charge in [0, 0.05) is 12.1 Å². The van der Waals surface area contributed by atoms with Crippen LogP contribution in [0.4, 0.5) is 0 Å². The van der Waals surface area contributed by atoms with Crippen LogP contribution in [0.3, 0.4) is 0 Å². The first-order chi connectivity index (χ1) is 8.68. The molecule has 0 amide bonds. The minimum absolute atomic E-state index is 0.305. The average Bonchev–Trinajstić information content (AvgIpc) is 3.14. The van der Waals surface area contributed by atoms with Gasteiger partial charge in [-0.3, -0.25) is 4.90 Å². The minimum atomic E-state index is 0.305. The summed E-state index contributed by atoms with van der Waals surface area (Å²) in [4.78, 5) is 2.68. The molecule has 1 aromatic carbocycles. The second kappa shape index (κ2) is 4.67. The van der Waals surface area contributed by atoms with Gasteiger partial charge in [-0.2, -0.15) is 0 Å². The number of rotatable bonds is 2. The van der Waals surface area contributed by atoms with Crippen molar-refractivity contribution in [2.24, 2.45) is 5.73 Å². The molecule has 98 valence electrons. The standard InChI is InChI=1S/C16H24N2/c1-11-5-3-6-12(2)15(11)16-14(17)7-4-10-18(16)13-8-9-13/h3,5-6,13-14,16H,4,7-10,17H2,1-2H3. The van der Waals surface area contributed by atoms with Gasteiger partial charge in [0.15, 0.2) is 0 Å². The fraction of sp³-hybridized carbons (Fsp3) is 0.625. The van der Waals surface area contributed by atoms with Crippen molar-refractivity contribution >= 4 is 0 Å². The van der Waals surface area contributed by atoms with E-state index >= 15 is 0 Å². The van der Waals surface area contributed by atoms with Crippen LogP contribution < -0.4 is 5.73 Å². The maximum absolute atomic E-state index is 6.46. The largest absolute Gasteiger partial charge is 0.326 e. The highest BCUT2D eigenvalue weighted by atomic mass is 15.2. The summed E-state index contributed by atoms with van der Waals surface area (Å²) >= 11 is 0. The molecule has 0 aromatic heterocycles. The summed E-state index contributed by atoms with van der Waals surface area (Å²) in [6.45, 7) is 5.69. The summed E-state index contributed by atoms with van der Waals surface area (Å²) < 4.78 is 0. The number of likely N-dealkylation sites (tertiary alicyclic amines) is 1. The topological polar surface area (TPSA) is 29.3 Å². The van der Waals surface area contributed by atoms with Crippen LogP contribution in [0.15, 0.2) is 18.2 Å². The Balaban J connectivity index is 2.00. The van der Waals surface area contributed by atoms with Gasteiger partial charge in [-0.25, -0.2) is 0 Å². The molecule has 1 aliphatic heterocycles. The predicted octanol–water partition coefficient (Wildman–Crippen LogP) is 2.93. The molecule has 0 bridgehead atoms. The van der Waals surface area contributed by atoms with Gasteiger partial charge in [-0.05, 0) is 62.8 Å². The quantitative estimate of drug-likeness (QED) is 0.866. The van der Waals surface area contributed by atoms with E-state index in [1.165, 1.54) is 48.9 Å². The second-order valence-electron chi connectivity index (χ2n) is 6.03. The zero-order chi connectivity index (χ0) is 12.7. The Morgan fingerprint density at radius 2 is 1.78 bits per heavy atom. The van der Waals surface area contributed by atoms with Crippen molar-refractivity contribution in [3.05, 3.63) is 34.9 Å². The van der Waals surface area contributed by atoms with Crippen molar-refractivity contribution in [1.82, 2.24) is 4.90 Å². The van der Waals surface area contributed by atoms with Gasteiger partial charge in [0.2, 0.25) is 0 Å². The van der Waals surface area contributed by atoms with Gasteiger partial charge in [0.05, 0.1) is 6.04 Å². The lowest BCUT2D eigenvalue weighted by atomic mass is 9.86. The van der Waals surface area contributed by atoms with Crippen LogP contribution in [0.25, 0.3) is 0 Å². The zero-order valence-electron chi connectivity index (χ0n) is 11.5. The van der Waals surface area contributed by atoms with Crippen LogP contribution in [0.5, 0.6) is 0 Å². The van der Waals surface area contributed by atoms with E-state index in [0.29, 0.717) is 12.1 Å². The van der Waals surface area contributed by atoms with Crippen molar-refractivity contribution in [3.8, 4) is 0 Å². The monoisotopic (exact) mass is 244 g/mol. The third kappa shape index (κ3) is 2.08. The van der Waals surface area contributed by atoms with Crippen LogP contribution >= 0.6 is 0 Å². The lowest BCUT2D eigenvalue weighted by molar-refractivity contribution is 0.119. The zero-order valence-corrected chi connectivity index (χ0v) is 11.5. The third-order valence-corrected chi connectivity index (χ3v) is 4.57. The molecule has 2 fully saturated rings. The van der Waals surface area contributed by atoms with Crippen LogP contribution in [-0.2, 0) is 0 Å². The van der Waals surface area contributed by atoms with E-state index in [-0.39, 0.29) is 0 Å². The van der Waals surface area contributed by atoms with Crippen molar-refractivity contribution in [3.63, 3.8) is 0 Å². The Morgan fingerprint density at radius 3 is 2.39 bits per heavy atom. The lowest BCUT2D eigenvalue weighted by Gasteiger charge is -2.41. The SMILES string of the molecule is Cc1cccc(C)c1C1C(N)CCCN1C1CC1. The molecule has 2 unspecified atom stereocenters. The van der Waals surface area contributed by atoms with Crippen molar-refractivity contribution in [2.45, 2.75) is 57.7 Å². The number of nitrogens with two attached hydrogens (primary N) is 1. The van der Waals surface area contributed by atoms with Crippen molar-refractivity contribution in [1.29, 1.82) is 0 Å². The minimum Gasteiger partial charge on any atom is -0.326 e. The number of piperidine rings is 1. The molecule has 18 heavy (non-hydrogen) atoms. The van der Waals surface area contributed by atoms with E-state index < -0.39 is 0 Å². The van der Waals surface area contributed by atoms with Gasteiger partial charge in [-0.15, -0.1) is 0 Å². The van der Waals surface area contributed by atoms with Crippen LogP contribution in [0.1, 0.15) is 48.4 Å². The van der Waals surface area contributed by atoms with Crippen LogP contribution in [0, 0.1) is 13.8 Å². The van der Waals surface area contributed by atoms with E-state index in [9.17, 15) is 0 Å². The molecule has 3 rings (SSSR count). The van der Waals surface area contributed by atoms with Crippen molar-refractivity contribution < 1.29 is 0 Å². The Morgan fingerprint density at radius 1 is 1.11 bits per heavy atom. The molecule has 1 aromatic rings.